The third-order valence-electron chi connectivity index (χ3n) is 13.2. The second-order valence-electron chi connectivity index (χ2n) is 14.9. The molecule has 0 spiro atoms. The van der Waals surface area contributed by atoms with E-state index in [2.05, 4.69) is 171 Å². The highest BCUT2D eigenvalue weighted by atomic mass is 14.9. The van der Waals surface area contributed by atoms with Gasteiger partial charge in [-0.05, 0) is 111 Å². The van der Waals surface area contributed by atoms with Crippen molar-refractivity contribution in [3.8, 4) is 0 Å². The molecule has 1 aliphatic rings. The fourth-order valence-corrected chi connectivity index (χ4v) is 9.70. The lowest BCUT2D eigenvalue weighted by molar-refractivity contribution is 0.420. The van der Waals surface area contributed by atoms with Gasteiger partial charge >= 0.3 is 0 Å². The summed E-state index contributed by atoms with van der Waals surface area (Å²) in [6, 6.07) is 41.2. The summed E-state index contributed by atoms with van der Waals surface area (Å²) in [5, 5.41) is 0. The lowest BCUT2D eigenvalue weighted by atomic mass is 9.73. The molecule has 0 amide bonds. The Morgan fingerprint density at radius 3 is 0.740 bits per heavy atom. The van der Waals surface area contributed by atoms with Gasteiger partial charge in [-0.3, -0.25) is 0 Å². The van der Waals surface area contributed by atoms with Crippen LogP contribution in [0.25, 0.3) is 0 Å². The molecule has 1 aliphatic heterocycles. The van der Waals surface area contributed by atoms with Crippen molar-refractivity contribution in [1.82, 2.24) is 19.9 Å². The van der Waals surface area contributed by atoms with E-state index in [0.29, 0.717) is 0 Å². The minimum atomic E-state index is -0.246. The number of fused-ring (bicyclic) bond motifs is 8. The van der Waals surface area contributed by atoms with Crippen molar-refractivity contribution in [3.63, 3.8) is 0 Å². The molecule has 0 atom stereocenters. The average molecular weight is 665 g/mol. The quantitative estimate of drug-likeness (QED) is 0.113. The lowest BCUT2D eigenvalue weighted by Gasteiger charge is -2.36. The Hall–Kier alpha value is -4.44. The zero-order chi connectivity index (χ0) is 35.0. The average Bonchev–Trinajstić information content (AvgIpc) is 4.01. The van der Waals surface area contributed by atoms with E-state index in [0.717, 1.165) is 51.4 Å². The van der Waals surface area contributed by atoms with E-state index >= 15 is 0 Å². The summed E-state index contributed by atoms with van der Waals surface area (Å²) in [6.45, 7) is 14.1. The van der Waals surface area contributed by atoms with Crippen molar-refractivity contribution in [2.75, 3.05) is 0 Å². The highest BCUT2D eigenvalue weighted by molar-refractivity contribution is 5.47. The Labute approximate surface area is 299 Å². The Kier molecular flexibility index (Phi) is 9.09. The SMILES string of the molecule is CCC1(CC)c2ccc([nH]2)C(CC)(Cc2ccccc2)c2ccc([nH]2)C(CC)(CC)c2ccc([nH]2)C(CC)(Cc2ccccc2)c2ccc1[nH]2. The maximum Gasteiger partial charge on any atom is 0.0541 e. The highest BCUT2D eigenvalue weighted by Gasteiger charge is 2.44. The largest absolute Gasteiger partial charge is 0.361 e. The highest BCUT2D eigenvalue weighted by Crippen LogP contribution is 2.47. The van der Waals surface area contributed by atoms with Crippen molar-refractivity contribution in [3.05, 3.63) is 166 Å². The van der Waals surface area contributed by atoms with Crippen molar-refractivity contribution >= 4 is 0 Å². The molecular weight excluding hydrogens is 609 g/mol. The summed E-state index contributed by atoms with van der Waals surface area (Å²) < 4.78 is 0. The van der Waals surface area contributed by atoms with E-state index in [1.165, 1.54) is 56.7 Å². The van der Waals surface area contributed by atoms with Crippen LogP contribution >= 0.6 is 0 Å². The lowest BCUT2D eigenvalue weighted by Crippen LogP contribution is -2.34. The fraction of sp³-hybridized carbons (Fsp3) is 0.391. The molecule has 0 saturated heterocycles. The van der Waals surface area contributed by atoms with Gasteiger partial charge in [-0.15, -0.1) is 0 Å². The van der Waals surface area contributed by atoms with Gasteiger partial charge in [-0.1, -0.05) is 102 Å². The van der Waals surface area contributed by atoms with Crippen LogP contribution in [0.4, 0.5) is 0 Å². The van der Waals surface area contributed by atoms with E-state index in [9.17, 15) is 0 Å². The van der Waals surface area contributed by atoms with Gasteiger partial charge in [0, 0.05) is 56.4 Å². The molecule has 8 bridgehead atoms. The minimum Gasteiger partial charge on any atom is -0.361 e. The smallest absolute Gasteiger partial charge is 0.0541 e. The molecule has 4 nitrogen and oxygen atoms in total. The second kappa shape index (κ2) is 13.4. The normalized spacial score (nSPS) is 20.9. The van der Waals surface area contributed by atoms with Gasteiger partial charge in [0.2, 0.25) is 0 Å². The molecule has 0 radical (unpaired) electrons. The predicted octanol–water partition coefficient (Wildman–Crippen LogP) is 11.4. The summed E-state index contributed by atoms with van der Waals surface area (Å²) in [5.74, 6) is 0. The first kappa shape index (κ1) is 34.0. The third-order valence-corrected chi connectivity index (χ3v) is 13.2. The number of aromatic nitrogens is 4. The molecule has 260 valence electrons. The molecule has 7 rings (SSSR count). The van der Waals surface area contributed by atoms with Gasteiger partial charge in [0.05, 0.1) is 10.8 Å². The van der Waals surface area contributed by atoms with Crippen LogP contribution in [-0.2, 0) is 34.5 Å². The van der Waals surface area contributed by atoms with Crippen LogP contribution in [0.2, 0.25) is 0 Å². The molecular formula is C46H56N4. The van der Waals surface area contributed by atoms with Crippen LogP contribution in [0.1, 0.15) is 137 Å². The Bertz CT molecular complexity index is 1760. The zero-order valence-electron chi connectivity index (χ0n) is 31.0. The Balaban J connectivity index is 1.52. The maximum absolute atomic E-state index is 4.13. The van der Waals surface area contributed by atoms with Gasteiger partial charge in [0.25, 0.3) is 0 Å². The number of H-pyrrole nitrogens is 4. The molecule has 2 aromatic carbocycles. The van der Waals surface area contributed by atoms with E-state index in [-0.39, 0.29) is 21.7 Å². The first-order valence-electron chi connectivity index (χ1n) is 19.2. The van der Waals surface area contributed by atoms with E-state index in [1.54, 1.807) is 0 Å². The predicted molar refractivity (Wildman–Crippen MR) is 208 cm³/mol. The molecule has 0 unspecified atom stereocenters. The molecule has 6 aromatic rings. The molecule has 4 heteroatoms. The molecule has 4 N–H and O–H groups in total. The number of nitrogens with one attached hydrogen (secondary N) is 4. The van der Waals surface area contributed by atoms with Gasteiger partial charge in [-0.2, -0.15) is 0 Å². The summed E-state index contributed by atoms with van der Waals surface area (Å²) in [7, 11) is 0. The Morgan fingerprint density at radius 1 is 0.300 bits per heavy atom. The van der Waals surface area contributed by atoms with Gasteiger partial charge < -0.3 is 19.9 Å². The summed E-state index contributed by atoms with van der Waals surface area (Å²) in [6.07, 6.45) is 7.74. The van der Waals surface area contributed by atoms with Crippen LogP contribution in [-0.4, -0.2) is 19.9 Å². The fourth-order valence-electron chi connectivity index (χ4n) is 9.70. The van der Waals surface area contributed by atoms with Crippen LogP contribution in [0.3, 0.4) is 0 Å². The van der Waals surface area contributed by atoms with E-state index < -0.39 is 0 Å². The minimum absolute atomic E-state index is 0.173. The number of hydrogen-bond acceptors (Lipinski definition) is 0. The second-order valence-corrected chi connectivity index (χ2v) is 14.9. The van der Waals surface area contributed by atoms with E-state index in [4.69, 9.17) is 0 Å². The molecule has 4 aromatic heterocycles. The Morgan fingerprint density at radius 2 is 0.520 bits per heavy atom. The molecule has 0 aliphatic carbocycles. The number of aromatic amines is 4. The third kappa shape index (κ3) is 5.17. The van der Waals surface area contributed by atoms with Crippen LogP contribution < -0.4 is 0 Å². The number of rotatable bonds is 10. The van der Waals surface area contributed by atoms with Gasteiger partial charge in [-0.25, -0.2) is 0 Å². The van der Waals surface area contributed by atoms with Crippen molar-refractivity contribution in [2.45, 2.75) is 115 Å². The number of benzene rings is 2. The van der Waals surface area contributed by atoms with E-state index in [1.807, 2.05) is 0 Å². The van der Waals surface area contributed by atoms with Crippen LogP contribution in [0.15, 0.2) is 109 Å². The molecule has 5 heterocycles. The monoisotopic (exact) mass is 664 g/mol. The van der Waals surface area contributed by atoms with Gasteiger partial charge in [0.15, 0.2) is 0 Å². The first-order chi connectivity index (χ1) is 24.4. The molecule has 50 heavy (non-hydrogen) atoms. The maximum atomic E-state index is 4.13. The van der Waals surface area contributed by atoms with Crippen molar-refractivity contribution in [2.24, 2.45) is 0 Å². The molecule has 0 fully saturated rings. The topological polar surface area (TPSA) is 63.2 Å². The first-order valence-corrected chi connectivity index (χ1v) is 19.2. The summed E-state index contributed by atoms with van der Waals surface area (Å²) >= 11 is 0. The standard InChI is InChI=1S/C46H56N4/c1-7-43(8-2)35-23-27-39(47-35)45(11-5,31-33-19-15-13-16-20-33)41-29-25-37(49-41)44(9-3,10-4)38-26-30-42(50-38)46(12-6,40-28-24-36(43)48-40)32-34-21-17-14-18-22-34/h13-30,47-50H,7-12,31-32H2,1-6H3. The summed E-state index contributed by atoms with van der Waals surface area (Å²) in [4.78, 5) is 16.5. The summed E-state index contributed by atoms with van der Waals surface area (Å²) in [5.41, 5.74) is 12.2. The number of hydrogen-bond donors (Lipinski definition) is 4. The van der Waals surface area contributed by atoms with Crippen LogP contribution in [0, 0.1) is 0 Å². The van der Waals surface area contributed by atoms with Gasteiger partial charge in [0.1, 0.15) is 0 Å². The molecule has 0 saturated carbocycles. The van der Waals surface area contributed by atoms with Crippen molar-refractivity contribution < 1.29 is 0 Å². The van der Waals surface area contributed by atoms with Crippen molar-refractivity contribution in [1.29, 1.82) is 0 Å². The van der Waals surface area contributed by atoms with Crippen LogP contribution in [0.5, 0.6) is 0 Å². The zero-order valence-corrected chi connectivity index (χ0v) is 31.0.